The number of aromatic nitrogens is 1. The lowest BCUT2D eigenvalue weighted by Crippen LogP contribution is -2.27. The van der Waals surface area contributed by atoms with E-state index in [1.165, 1.54) is 5.69 Å². The number of hydrogen-bond donors (Lipinski definition) is 1. The van der Waals surface area contributed by atoms with Crippen LogP contribution in [-0.4, -0.2) is 24.6 Å². The number of anilines is 1. The Morgan fingerprint density at radius 3 is 3.12 bits per heavy atom. The molecule has 1 N–H and O–H groups in total. The molecule has 0 bridgehead atoms. The molecule has 92 valence electrons. The molecule has 1 aromatic heterocycles. The molecule has 0 atom stereocenters. The van der Waals surface area contributed by atoms with Crippen LogP contribution in [0.2, 0.25) is 0 Å². The molecular weight excluding hydrogens is 210 g/mol. The van der Waals surface area contributed by atoms with Gasteiger partial charge in [-0.15, -0.1) is 0 Å². The number of hydrogen-bond acceptors (Lipinski definition) is 3. The molecule has 3 nitrogen and oxygen atoms in total. The van der Waals surface area contributed by atoms with E-state index in [9.17, 15) is 0 Å². The third-order valence-electron chi connectivity index (χ3n) is 2.96. The minimum Gasteiger partial charge on any atom is -0.367 e. The quantitative estimate of drug-likeness (QED) is 0.623. The largest absolute Gasteiger partial charge is 0.367 e. The first-order chi connectivity index (χ1) is 8.40. The summed E-state index contributed by atoms with van der Waals surface area (Å²) in [5.74, 6) is 0. The van der Waals surface area contributed by atoms with Crippen molar-refractivity contribution in [2.45, 2.75) is 26.3 Å². The molecule has 0 saturated heterocycles. The van der Waals surface area contributed by atoms with Gasteiger partial charge in [-0.3, -0.25) is 4.98 Å². The van der Waals surface area contributed by atoms with Crippen LogP contribution in [0.3, 0.4) is 0 Å². The maximum Gasteiger partial charge on any atom is 0.0562 e. The molecule has 3 heteroatoms. The molecule has 1 aliphatic heterocycles. The highest BCUT2D eigenvalue weighted by molar-refractivity contribution is 5.47. The summed E-state index contributed by atoms with van der Waals surface area (Å²) < 4.78 is 0. The van der Waals surface area contributed by atoms with E-state index in [1.807, 2.05) is 6.20 Å². The summed E-state index contributed by atoms with van der Waals surface area (Å²) >= 11 is 0. The summed E-state index contributed by atoms with van der Waals surface area (Å²) in [7, 11) is 0. The summed E-state index contributed by atoms with van der Waals surface area (Å²) in [5, 5.41) is 3.39. The van der Waals surface area contributed by atoms with Crippen molar-refractivity contribution in [2.75, 3.05) is 24.5 Å². The van der Waals surface area contributed by atoms with E-state index in [0.29, 0.717) is 0 Å². The summed E-state index contributed by atoms with van der Waals surface area (Å²) in [6.07, 6.45) is 8.71. The Balaban J connectivity index is 1.98. The van der Waals surface area contributed by atoms with Gasteiger partial charge in [0.15, 0.2) is 0 Å². The molecule has 0 aliphatic carbocycles. The average Bonchev–Trinajstić information content (AvgIpc) is 2.41. The van der Waals surface area contributed by atoms with Gasteiger partial charge in [-0.1, -0.05) is 19.1 Å². The van der Waals surface area contributed by atoms with E-state index in [4.69, 9.17) is 0 Å². The second kappa shape index (κ2) is 6.40. The van der Waals surface area contributed by atoms with E-state index in [2.05, 4.69) is 46.4 Å². The fraction of sp³-hybridized carbons (Fsp3) is 0.500. The molecule has 17 heavy (non-hydrogen) atoms. The SMILES string of the molecule is CCCNCc1cc(N2CC=CCC2)ccn1. The number of nitrogens with one attached hydrogen (secondary N) is 1. The van der Waals surface area contributed by atoms with E-state index < -0.39 is 0 Å². The normalized spacial score (nSPS) is 15.2. The van der Waals surface area contributed by atoms with Crippen LogP contribution in [0.1, 0.15) is 25.5 Å². The van der Waals surface area contributed by atoms with E-state index in [1.54, 1.807) is 0 Å². The van der Waals surface area contributed by atoms with E-state index in [0.717, 1.165) is 44.7 Å². The predicted octanol–water partition coefficient (Wildman–Crippen LogP) is 2.35. The molecule has 0 spiro atoms. The smallest absolute Gasteiger partial charge is 0.0562 e. The molecule has 0 fully saturated rings. The first-order valence-corrected chi connectivity index (χ1v) is 6.45. The summed E-state index contributed by atoms with van der Waals surface area (Å²) in [6.45, 7) is 6.23. The molecule has 0 aromatic carbocycles. The lowest BCUT2D eigenvalue weighted by Gasteiger charge is -2.25. The van der Waals surface area contributed by atoms with Gasteiger partial charge in [0.05, 0.1) is 5.69 Å². The zero-order valence-corrected chi connectivity index (χ0v) is 10.5. The molecule has 1 aliphatic rings. The third kappa shape index (κ3) is 3.56. The second-order valence-corrected chi connectivity index (χ2v) is 4.39. The van der Waals surface area contributed by atoms with Crippen molar-refractivity contribution in [2.24, 2.45) is 0 Å². The summed E-state index contributed by atoms with van der Waals surface area (Å²) in [5.41, 5.74) is 2.42. The lowest BCUT2D eigenvalue weighted by molar-refractivity contribution is 0.664. The van der Waals surface area contributed by atoms with Gasteiger partial charge >= 0.3 is 0 Å². The fourth-order valence-electron chi connectivity index (χ4n) is 2.03. The minimum absolute atomic E-state index is 0.866. The van der Waals surface area contributed by atoms with Crippen LogP contribution in [0.15, 0.2) is 30.5 Å². The molecule has 0 radical (unpaired) electrons. The van der Waals surface area contributed by atoms with Gasteiger partial charge in [0, 0.05) is 31.5 Å². The number of pyridine rings is 1. The molecule has 0 amide bonds. The predicted molar refractivity (Wildman–Crippen MR) is 72.2 cm³/mol. The maximum atomic E-state index is 4.40. The zero-order valence-electron chi connectivity index (χ0n) is 10.5. The van der Waals surface area contributed by atoms with Gasteiger partial charge in [-0.25, -0.2) is 0 Å². The van der Waals surface area contributed by atoms with Crippen molar-refractivity contribution in [3.05, 3.63) is 36.2 Å². The molecule has 0 saturated carbocycles. The van der Waals surface area contributed by atoms with Crippen molar-refractivity contribution in [1.29, 1.82) is 0 Å². The third-order valence-corrected chi connectivity index (χ3v) is 2.96. The highest BCUT2D eigenvalue weighted by Crippen LogP contribution is 2.17. The Morgan fingerprint density at radius 2 is 2.35 bits per heavy atom. The topological polar surface area (TPSA) is 28.2 Å². The molecule has 1 aromatic rings. The van der Waals surface area contributed by atoms with Gasteiger partial charge in [0.2, 0.25) is 0 Å². The van der Waals surface area contributed by atoms with Crippen LogP contribution in [0, 0.1) is 0 Å². The van der Waals surface area contributed by atoms with E-state index in [-0.39, 0.29) is 0 Å². The Hall–Kier alpha value is -1.35. The average molecular weight is 231 g/mol. The van der Waals surface area contributed by atoms with Gasteiger partial charge in [0.25, 0.3) is 0 Å². The van der Waals surface area contributed by atoms with Crippen LogP contribution in [0.4, 0.5) is 5.69 Å². The molecule has 0 unspecified atom stereocenters. The van der Waals surface area contributed by atoms with Crippen molar-refractivity contribution < 1.29 is 0 Å². The Morgan fingerprint density at radius 1 is 1.41 bits per heavy atom. The van der Waals surface area contributed by atoms with Crippen molar-refractivity contribution >= 4 is 5.69 Å². The first kappa shape index (κ1) is 12.1. The molecule has 2 rings (SSSR count). The van der Waals surface area contributed by atoms with Gasteiger partial charge < -0.3 is 10.2 Å². The Bertz CT molecular complexity index is 373. The highest BCUT2D eigenvalue weighted by Gasteiger charge is 2.07. The van der Waals surface area contributed by atoms with Gasteiger partial charge in [0.1, 0.15) is 0 Å². The van der Waals surface area contributed by atoms with Crippen molar-refractivity contribution in [3.8, 4) is 0 Å². The summed E-state index contributed by atoms with van der Waals surface area (Å²) in [6, 6.07) is 4.30. The Kier molecular flexibility index (Phi) is 4.56. The van der Waals surface area contributed by atoms with Crippen LogP contribution < -0.4 is 10.2 Å². The van der Waals surface area contributed by atoms with Crippen molar-refractivity contribution in [1.82, 2.24) is 10.3 Å². The van der Waals surface area contributed by atoms with Crippen LogP contribution >= 0.6 is 0 Å². The van der Waals surface area contributed by atoms with Crippen LogP contribution in [-0.2, 0) is 6.54 Å². The standard InChI is InChI=1S/C14H21N3/c1-2-7-15-12-13-11-14(6-8-16-13)17-9-4-3-5-10-17/h3-4,6,8,11,15H,2,5,7,9-10,12H2,1H3. The van der Waals surface area contributed by atoms with Gasteiger partial charge in [-0.05, 0) is 31.5 Å². The van der Waals surface area contributed by atoms with Gasteiger partial charge in [-0.2, -0.15) is 0 Å². The van der Waals surface area contributed by atoms with Crippen LogP contribution in [0.5, 0.6) is 0 Å². The van der Waals surface area contributed by atoms with Crippen molar-refractivity contribution in [3.63, 3.8) is 0 Å². The minimum atomic E-state index is 0.866. The lowest BCUT2D eigenvalue weighted by atomic mass is 10.2. The first-order valence-electron chi connectivity index (χ1n) is 6.45. The van der Waals surface area contributed by atoms with E-state index >= 15 is 0 Å². The Labute approximate surface area is 104 Å². The fourth-order valence-corrected chi connectivity index (χ4v) is 2.03. The highest BCUT2D eigenvalue weighted by atomic mass is 15.1. The molecule has 2 heterocycles. The monoisotopic (exact) mass is 231 g/mol. The maximum absolute atomic E-state index is 4.40. The second-order valence-electron chi connectivity index (χ2n) is 4.39. The molecular formula is C14H21N3. The number of rotatable bonds is 5. The van der Waals surface area contributed by atoms with Crippen LogP contribution in [0.25, 0.3) is 0 Å². The summed E-state index contributed by atoms with van der Waals surface area (Å²) in [4.78, 5) is 6.79. The number of nitrogens with zero attached hydrogens (tertiary/aromatic N) is 2. The zero-order chi connectivity index (χ0) is 11.9.